The molecule has 138 valence electrons. The number of amides is 2. The highest BCUT2D eigenvalue weighted by atomic mass is 16.2. The number of carbonyl (C=O) groups is 1. The van der Waals surface area contributed by atoms with Crippen molar-refractivity contribution in [3.8, 4) is 5.82 Å². The van der Waals surface area contributed by atoms with E-state index in [1.54, 1.807) is 29.3 Å². The highest BCUT2D eigenvalue weighted by molar-refractivity contribution is 5.91. The third-order valence-electron chi connectivity index (χ3n) is 4.78. The van der Waals surface area contributed by atoms with E-state index in [2.05, 4.69) is 39.5 Å². The van der Waals surface area contributed by atoms with Crippen LogP contribution in [0.15, 0.2) is 67.1 Å². The van der Waals surface area contributed by atoms with E-state index < -0.39 is 0 Å². The Kier molecular flexibility index (Phi) is 4.84. The lowest BCUT2D eigenvalue weighted by Gasteiger charge is -2.40. The van der Waals surface area contributed by atoms with Crippen molar-refractivity contribution in [3.05, 3.63) is 72.7 Å². The molecule has 1 aliphatic heterocycles. The van der Waals surface area contributed by atoms with Gasteiger partial charge < -0.3 is 15.1 Å². The van der Waals surface area contributed by atoms with E-state index in [-0.39, 0.29) is 12.1 Å². The summed E-state index contributed by atoms with van der Waals surface area (Å²) in [7, 11) is 2.09. The maximum atomic E-state index is 13.1. The van der Waals surface area contributed by atoms with Gasteiger partial charge >= 0.3 is 6.03 Å². The van der Waals surface area contributed by atoms with Crippen molar-refractivity contribution in [1.82, 2.24) is 24.6 Å². The first-order valence-electron chi connectivity index (χ1n) is 8.98. The number of pyridine rings is 1. The number of benzene rings is 1. The topological polar surface area (TPSA) is 66.3 Å². The smallest absolute Gasteiger partial charge is 0.315 e. The van der Waals surface area contributed by atoms with Crippen molar-refractivity contribution in [2.24, 2.45) is 0 Å². The third kappa shape index (κ3) is 3.68. The molecular weight excluding hydrogens is 340 g/mol. The van der Waals surface area contributed by atoms with Crippen molar-refractivity contribution in [2.75, 3.05) is 32.0 Å². The fourth-order valence-corrected chi connectivity index (χ4v) is 3.38. The Morgan fingerprint density at radius 1 is 1.07 bits per heavy atom. The van der Waals surface area contributed by atoms with Gasteiger partial charge in [-0.2, -0.15) is 5.10 Å². The average Bonchev–Trinajstić information content (AvgIpc) is 3.23. The van der Waals surface area contributed by atoms with Gasteiger partial charge in [-0.05, 0) is 30.8 Å². The Balaban J connectivity index is 1.59. The molecule has 1 N–H and O–H groups in total. The minimum absolute atomic E-state index is 0.00905. The lowest BCUT2D eigenvalue weighted by Crippen LogP contribution is -2.50. The number of nitrogens with zero attached hydrogens (tertiary/aromatic N) is 5. The molecule has 7 nitrogen and oxygen atoms in total. The maximum Gasteiger partial charge on any atom is 0.322 e. The summed E-state index contributed by atoms with van der Waals surface area (Å²) >= 11 is 0. The van der Waals surface area contributed by atoms with Crippen LogP contribution in [0.2, 0.25) is 0 Å². The molecule has 27 heavy (non-hydrogen) atoms. The molecule has 0 saturated carbocycles. The van der Waals surface area contributed by atoms with Crippen LogP contribution in [0.1, 0.15) is 11.6 Å². The van der Waals surface area contributed by atoms with E-state index in [4.69, 9.17) is 0 Å². The van der Waals surface area contributed by atoms with Gasteiger partial charge in [0.2, 0.25) is 0 Å². The summed E-state index contributed by atoms with van der Waals surface area (Å²) in [6.45, 7) is 2.31. The predicted octanol–water partition coefficient (Wildman–Crippen LogP) is 2.79. The monoisotopic (exact) mass is 362 g/mol. The fourth-order valence-electron chi connectivity index (χ4n) is 3.38. The number of piperazine rings is 1. The zero-order chi connectivity index (χ0) is 18.6. The van der Waals surface area contributed by atoms with Gasteiger partial charge in [0.15, 0.2) is 5.82 Å². The van der Waals surface area contributed by atoms with Crippen molar-refractivity contribution >= 4 is 11.7 Å². The first-order valence-corrected chi connectivity index (χ1v) is 8.98. The largest absolute Gasteiger partial charge is 0.322 e. The zero-order valence-corrected chi connectivity index (χ0v) is 15.2. The summed E-state index contributed by atoms with van der Waals surface area (Å²) in [5.41, 5.74) is 1.77. The zero-order valence-electron chi connectivity index (χ0n) is 15.2. The van der Waals surface area contributed by atoms with Crippen molar-refractivity contribution in [3.63, 3.8) is 0 Å². The Bertz CT molecular complexity index is 896. The van der Waals surface area contributed by atoms with Crippen LogP contribution in [0.4, 0.5) is 10.5 Å². The Morgan fingerprint density at radius 2 is 1.93 bits per heavy atom. The molecule has 3 heterocycles. The molecule has 2 amide bonds. The summed E-state index contributed by atoms with van der Waals surface area (Å²) in [4.78, 5) is 21.6. The molecule has 3 aromatic rings. The minimum Gasteiger partial charge on any atom is -0.315 e. The summed E-state index contributed by atoms with van der Waals surface area (Å²) in [5, 5.41) is 7.25. The molecule has 7 heteroatoms. The molecule has 0 radical (unpaired) electrons. The van der Waals surface area contributed by atoms with Crippen LogP contribution in [-0.2, 0) is 0 Å². The lowest BCUT2D eigenvalue weighted by atomic mass is 10.0. The van der Waals surface area contributed by atoms with Gasteiger partial charge in [0.25, 0.3) is 0 Å². The van der Waals surface area contributed by atoms with Crippen LogP contribution in [0.3, 0.4) is 0 Å². The molecule has 0 unspecified atom stereocenters. The number of anilines is 1. The van der Waals surface area contributed by atoms with E-state index in [0.717, 1.165) is 18.7 Å². The minimum atomic E-state index is -0.127. The van der Waals surface area contributed by atoms with Crippen LogP contribution in [0.25, 0.3) is 5.82 Å². The molecular formula is C20H22N6O. The lowest BCUT2D eigenvalue weighted by molar-refractivity contribution is 0.116. The second-order valence-corrected chi connectivity index (χ2v) is 6.64. The van der Waals surface area contributed by atoms with Crippen LogP contribution in [0.5, 0.6) is 0 Å². The predicted molar refractivity (Wildman–Crippen MR) is 104 cm³/mol. The van der Waals surface area contributed by atoms with Gasteiger partial charge in [-0.1, -0.05) is 30.3 Å². The summed E-state index contributed by atoms with van der Waals surface area (Å²) < 4.78 is 1.65. The molecule has 0 aliphatic carbocycles. The van der Waals surface area contributed by atoms with E-state index in [9.17, 15) is 4.79 Å². The Morgan fingerprint density at radius 3 is 2.70 bits per heavy atom. The molecule has 1 saturated heterocycles. The molecule has 0 bridgehead atoms. The highest BCUT2D eigenvalue weighted by Crippen LogP contribution is 2.26. The highest BCUT2D eigenvalue weighted by Gasteiger charge is 2.30. The van der Waals surface area contributed by atoms with Gasteiger partial charge in [-0.25, -0.2) is 14.5 Å². The third-order valence-corrected chi connectivity index (χ3v) is 4.78. The second-order valence-electron chi connectivity index (χ2n) is 6.64. The molecule has 0 spiro atoms. The second kappa shape index (κ2) is 7.59. The number of hydrogen-bond donors (Lipinski definition) is 1. The number of likely N-dealkylation sites (N-methyl/N-ethyl adjacent to an activating group) is 1. The van der Waals surface area contributed by atoms with Crippen LogP contribution >= 0.6 is 0 Å². The Hall–Kier alpha value is -3.19. The van der Waals surface area contributed by atoms with Gasteiger partial charge in [-0.3, -0.25) is 0 Å². The van der Waals surface area contributed by atoms with Gasteiger partial charge in [-0.15, -0.1) is 0 Å². The first kappa shape index (κ1) is 17.2. The standard InChI is InChI=1S/C20H22N6O/c1-24-13-14-25(18(15-24)16-7-3-2-4-8-16)20(27)23-17-9-5-10-21-19(17)26-12-6-11-22-26/h2-12,18H,13-15H2,1H3,(H,23,27)/t18-/m1/s1. The van der Waals surface area contributed by atoms with Gasteiger partial charge in [0.1, 0.15) is 0 Å². The quantitative estimate of drug-likeness (QED) is 0.778. The Labute approximate surface area is 158 Å². The average molecular weight is 362 g/mol. The molecule has 1 atom stereocenters. The molecule has 1 fully saturated rings. The maximum absolute atomic E-state index is 13.1. The summed E-state index contributed by atoms with van der Waals surface area (Å²) in [6.07, 6.45) is 5.18. The van der Waals surface area contributed by atoms with Crippen molar-refractivity contribution in [1.29, 1.82) is 0 Å². The van der Waals surface area contributed by atoms with Gasteiger partial charge in [0.05, 0.1) is 11.7 Å². The van der Waals surface area contributed by atoms with E-state index in [0.29, 0.717) is 18.1 Å². The SMILES string of the molecule is CN1CCN(C(=O)Nc2cccnc2-n2cccn2)[C@@H](c2ccccc2)C1. The number of rotatable bonds is 3. The summed E-state index contributed by atoms with van der Waals surface area (Å²) in [5.74, 6) is 0.598. The number of nitrogens with one attached hydrogen (secondary N) is 1. The van der Waals surface area contributed by atoms with Crippen molar-refractivity contribution < 1.29 is 4.79 Å². The van der Waals surface area contributed by atoms with Crippen LogP contribution < -0.4 is 5.32 Å². The summed E-state index contributed by atoms with van der Waals surface area (Å²) in [6, 6.07) is 15.5. The molecule has 2 aromatic heterocycles. The van der Waals surface area contributed by atoms with E-state index in [1.165, 1.54) is 0 Å². The van der Waals surface area contributed by atoms with E-state index in [1.807, 2.05) is 35.2 Å². The fraction of sp³-hybridized carbons (Fsp3) is 0.250. The first-order chi connectivity index (χ1) is 13.2. The normalized spacial score (nSPS) is 17.7. The van der Waals surface area contributed by atoms with Crippen LogP contribution in [0, 0.1) is 0 Å². The van der Waals surface area contributed by atoms with Gasteiger partial charge in [0, 0.05) is 38.2 Å². The molecule has 1 aliphatic rings. The van der Waals surface area contributed by atoms with Crippen LogP contribution in [-0.4, -0.2) is 57.3 Å². The molecule has 4 rings (SSSR count). The number of hydrogen-bond acceptors (Lipinski definition) is 4. The van der Waals surface area contributed by atoms with E-state index >= 15 is 0 Å². The van der Waals surface area contributed by atoms with Crippen molar-refractivity contribution in [2.45, 2.75) is 6.04 Å². The number of urea groups is 1. The molecule has 1 aromatic carbocycles. The number of carbonyl (C=O) groups excluding carboxylic acids is 1. The number of aromatic nitrogens is 3.